The molecule has 27 heavy (non-hydrogen) atoms. The highest BCUT2D eigenvalue weighted by Gasteiger charge is 2.52. The summed E-state index contributed by atoms with van der Waals surface area (Å²) in [5, 5.41) is 21.5. The fraction of sp³-hybridized carbons (Fsp3) is 0.238. The van der Waals surface area contributed by atoms with Gasteiger partial charge in [0.05, 0.1) is 22.4 Å². The number of rotatable bonds is 2. The minimum Gasteiger partial charge on any atom is -0.366 e. The van der Waals surface area contributed by atoms with Crippen molar-refractivity contribution in [3.63, 3.8) is 0 Å². The van der Waals surface area contributed by atoms with E-state index in [-0.39, 0.29) is 18.1 Å². The molecule has 1 N–H and O–H groups in total. The standard InChI is InChI=1S/C21H17FN2O2S/c1-13-6-8-14(9-7-13)21(26)12-27-20-17(11-23)16(10-19(25)24(20)21)15-4-2-3-5-18(15)22/h2-9,16,26H,10,12H2,1H3/t16-,21+/m1/s1. The number of aryl methyl sites for hydroxylation is 1. The summed E-state index contributed by atoms with van der Waals surface area (Å²) in [4.78, 5) is 14.3. The summed E-state index contributed by atoms with van der Waals surface area (Å²) in [6.07, 6.45) is -0.0535. The Kier molecular flexibility index (Phi) is 4.29. The van der Waals surface area contributed by atoms with E-state index >= 15 is 0 Å². The van der Waals surface area contributed by atoms with Crippen LogP contribution in [0.1, 0.15) is 29.0 Å². The summed E-state index contributed by atoms with van der Waals surface area (Å²) in [5.74, 6) is -1.16. The van der Waals surface area contributed by atoms with E-state index in [2.05, 4.69) is 6.07 Å². The van der Waals surface area contributed by atoms with Gasteiger partial charge in [-0.3, -0.25) is 9.69 Å². The van der Waals surface area contributed by atoms with Gasteiger partial charge < -0.3 is 5.11 Å². The molecule has 2 aromatic carbocycles. The first-order chi connectivity index (χ1) is 13.0. The fourth-order valence-electron chi connectivity index (χ4n) is 3.68. The molecule has 2 heterocycles. The molecule has 0 spiro atoms. The predicted molar refractivity (Wildman–Crippen MR) is 101 cm³/mol. The number of fused-ring (bicyclic) bond motifs is 1. The van der Waals surface area contributed by atoms with Crippen LogP contribution in [0.2, 0.25) is 0 Å². The van der Waals surface area contributed by atoms with Crippen molar-refractivity contribution in [3.8, 4) is 6.07 Å². The molecular weight excluding hydrogens is 363 g/mol. The van der Waals surface area contributed by atoms with Crippen molar-refractivity contribution in [3.05, 3.63) is 81.6 Å². The summed E-state index contributed by atoms with van der Waals surface area (Å²) in [5.41, 5.74) is 0.804. The monoisotopic (exact) mass is 380 g/mol. The average Bonchev–Trinajstić information content (AvgIpc) is 3.02. The molecule has 1 saturated heterocycles. The van der Waals surface area contributed by atoms with E-state index in [1.54, 1.807) is 30.3 Å². The zero-order valence-corrected chi connectivity index (χ0v) is 15.5. The van der Waals surface area contributed by atoms with Crippen LogP contribution in [-0.4, -0.2) is 21.7 Å². The number of amides is 1. The Bertz CT molecular complexity index is 996. The highest BCUT2D eigenvalue weighted by molar-refractivity contribution is 8.03. The van der Waals surface area contributed by atoms with Gasteiger partial charge in [-0.05, 0) is 18.6 Å². The Morgan fingerprint density at radius 3 is 2.63 bits per heavy atom. The maximum absolute atomic E-state index is 14.3. The van der Waals surface area contributed by atoms with Crippen LogP contribution in [-0.2, 0) is 10.5 Å². The number of thioether (sulfide) groups is 1. The average molecular weight is 380 g/mol. The van der Waals surface area contributed by atoms with Crippen LogP contribution in [0.3, 0.4) is 0 Å². The van der Waals surface area contributed by atoms with Crippen molar-refractivity contribution in [2.45, 2.75) is 25.0 Å². The normalized spacial score (nSPS) is 24.7. The van der Waals surface area contributed by atoms with Gasteiger partial charge in [0, 0.05) is 17.9 Å². The zero-order chi connectivity index (χ0) is 19.2. The van der Waals surface area contributed by atoms with E-state index in [9.17, 15) is 19.6 Å². The lowest BCUT2D eigenvalue weighted by molar-refractivity contribution is -0.149. The highest BCUT2D eigenvalue weighted by atomic mass is 32.2. The van der Waals surface area contributed by atoms with Crippen LogP contribution < -0.4 is 0 Å². The largest absolute Gasteiger partial charge is 0.366 e. The summed E-state index contributed by atoms with van der Waals surface area (Å²) >= 11 is 1.26. The Hall–Kier alpha value is -2.62. The quantitative estimate of drug-likeness (QED) is 0.861. The number of benzene rings is 2. The van der Waals surface area contributed by atoms with Gasteiger partial charge in [0.25, 0.3) is 0 Å². The predicted octanol–water partition coefficient (Wildman–Crippen LogP) is 3.78. The topological polar surface area (TPSA) is 64.3 Å². The molecule has 2 aliphatic heterocycles. The zero-order valence-electron chi connectivity index (χ0n) is 14.6. The van der Waals surface area contributed by atoms with Crippen LogP contribution in [0.4, 0.5) is 4.39 Å². The van der Waals surface area contributed by atoms with Gasteiger partial charge in [-0.2, -0.15) is 5.26 Å². The van der Waals surface area contributed by atoms with Crippen molar-refractivity contribution >= 4 is 17.7 Å². The van der Waals surface area contributed by atoms with E-state index in [1.807, 2.05) is 19.1 Å². The first-order valence-electron chi connectivity index (χ1n) is 8.60. The Labute approximate surface area is 160 Å². The van der Waals surface area contributed by atoms with Crippen molar-refractivity contribution in [2.75, 3.05) is 5.75 Å². The molecule has 2 aromatic rings. The van der Waals surface area contributed by atoms with Gasteiger partial charge in [0.2, 0.25) is 5.91 Å². The lowest BCUT2D eigenvalue weighted by Crippen LogP contribution is -2.48. The summed E-state index contributed by atoms with van der Waals surface area (Å²) < 4.78 is 14.3. The number of carbonyl (C=O) groups excluding carboxylic acids is 1. The summed E-state index contributed by atoms with van der Waals surface area (Å²) in [6, 6.07) is 15.7. The van der Waals surface area contributed by atoms with Crippen molar-refractivity contribution in [1.29, 1.82) is 5.26 Å². The molecule has 0 radical (unpaired) electrons. The smallest absolute Gasteiger partial charge is 0.231 e. The molecule has 6 heteroatoms. The molecule has 0 aliphatic carbocycles. The third kappa shape index (κ3) is 2.75. The molecule has 1 amide bonds. The van der Waals surface area contributed by atoms with E-state index < -0.39 is 17.5 Å². The first-order valence-corrected chi connectivity index (χ1v) is 9.58. The van der Waals surface area contributed by atoms with E-state index in [4.69, 9.17) is 0 Å². The fourth-order valence-corrected chi connectivity index (χ4v) is 5.04. The molecule has 4 nitrogen and oxygen atoms in total. The molecule has 0 bridgehead atoms. The number of halogens is 1. The third-order valence-electron chi connectivity index (χ3n) is 5.11. The molecule has 2 atom stereocenters. The first kappa shape index (κ1) is 17.8. The van der Waals surface area contributed by atoms with E-state index in [0.717, 1.165) is 5.56 Å². The second-order valence-corrected chi connectivity index (χ2v) is 7.77. The molecule has 1 fully saturated rings. The number of carbonyl (C=O) groups is 1. The van der Waals surface area contributed by atoms with Crippen LogP contribution in [0.15, 0.2) is 59.1 Å². The van der Waals surface area contributed by atoms with Crippen LogP contribution in [0.5, 0.6) is 0 Å². The maximum Gasteiger partial charge on any atom is 0.231 e. The summed E-state index contributed by atoms with van der Waals surface area (Å²) in [7, 11) is 0. The SMILES string of the molecule is Cc1ccc([C@@]2(O)CSC3=C(C#N)[C@@H](c4ccccc4F)CC(=O)N32)cc1. The number of nitrogens with zero attached hydrogens (tertiary/aromatic N) is 2. The lowest BCUT2D eigenvalue weighted by Gasteiger charge is -2.38. The molecule has 0 unspecified atom stereocenters. The molecule has 0 saturated carbocycles. The van der Waals surface area contributed by atoms with Crippen LogP contribution in [0.25, 0.3) is 0 Å². The number of hydrogen-bond acceptors (Lipinski definition) is 4. The van der Waals surface area contributed by atoms with Gasteiger partial charge in [0.1, 0.15) is 5.82 Å². The van der Waals surface area contributed by atoms with Gasteiger partial charge in [-0.25, -0.2) is 4.39 Å². The Morgan fingerprint density at radius 2 is 1.96 bits per heavy atom. The van der Waals surface area contributed by atoms with Crippen molar-refractivity contribution in [2.24, 2.45) is 0 Å². The molecule has 136 valence electrons. The molecular formula is C21H17FN2O2S. The second-order valence-electron chi connectivity index (χ2n) is 6.81. The number of allylic oxidation sites excluding steroid dienone is 1. The number of nitriles is 1. The third-order valence-corrected chi connectivity index (χ3v) is 6.33. The minimum absolute atomic E-state index is 0.0535. The van der Waals surface area contributed by atoms with Gasteiger partial charge in [-0.1, -0.05) is 48.0 Å². The van der Waals surface area contributed by atoms with Crippen LogP contribution >= 0.6 is 11.8 Å². The van der Waals surface area contributed by atoms with Gasteiger partial charge >= 0.3 is 0 Å². The summed E-state index contributed by atoms with van der Waals surface area (Å²) in [6.45, 7) is 1.95. The number of hydrogen-bond donors (Lipinski definition) is 1. The second kappa shape index (κ2) is 6.52. The molecule has 0 aromatic heterocycles. The number of aliphatic hydroxyl groups is 1. The molecule has 4 rings (SSSR count). The van der Waals surface area contributed by atoms with E-state index in [0.29, 0.717) is 21.7 Å². The van der Waals surface area contributed by atoms with Crippen molar-refractivity contribution < 1.29 is 14.3 Å². The van der Waals surface area contributed by atoms with Crippen LogP contribution in [0, 0.1) is 24.1 Å². The Balaban J connectivity index is 1.83. The van der Waals surface area contributed by atoms with E-state index in [1.165, 1.54) is 22.7 Å². The van der Waals surface area contributed by atoms with Gasteiger partial charge in [0.15, 0.2) is 5.72 Å². The van der Waals surface area contributed by atoms with Crippen molar-refractivity contribution in [1.82, 2.24) is 4.90 Å². The highest BCUT2D eigenvalue weighted by Crippen LogP contribution is 2.51. The van der Waals surface area contributed by atoms with Gasteiger partial charge in [-0.15, -0.1) is 11.8 Å². The minimum atomic E-state index is -1.51. The Morgan fingerprint density at radius 1 is 1.26 bits per heavy atom. The maximum atomic E-state index is 14.3. The lowest BCUT2D eigenvalue weighted by atomic mass is 9.85. The molecule has 2 aliphatic rings.